The molecule has 2 aromatic carbocycles. The molecule has 31 heavy (non-hydrogen) atoms. The second-order valence-corrected chi connectivity index (χ2v) is 7.53. The van der Waals surface area contributed by atoms with E-state index in [0.29, 0.717) is 5.69 Å². The van der Waals surface area contributed by atoms with E-state index in [1.807, 2.05) is 24.3 Å². The van der Waals surface area contributed by atoms with Gasteiger partial charge in [-0.05, 0) is 42.0 Å². The standard InChI is InChI=1S/C23H21FN6O/c24-16-1-6-19-20(23(31)28-21(19)13-16)14-27-17-2-4-18(5-3-17)29-9-11-30(12-10-29)22-15-25-7-8-26-22/h1-8,13-15,20H,9-12H2,(H,28,31). The van der Waals surface area contributed by atoms with Crippen LogP contribution in [0.5, 0.6) is 0 Å². The average Bonchev–Trinajstić information content (AvgIpc) is 3.12. The van der Waals surface area contributed by atoms with Crippen molar-refractivity contribution in [1.29, 1.82) is 0 Å². The highest BCUT2D eigenvalue weighted by atomic mass is 19.1. The molecular weight excluding hydrogens is 395 g/mol. The minimum atomic E-state index is -0.510. The number of nitrogens with one attached hydrogen (secondary N) is 1. The van der Waals surface area contributed by atoms with Gasteiger partial charge in [-0.2, -0.15) is 0 Å². The van der Waals surface area contributed by atoms with Crippen LogP contribution in [0.1, 0.15) is 11.5 Å². The lowest BCUT2D eigenvalue weighted by Gasteiger charge is -2.36. The molecule has 1 N–H and O–H groups in total. The quantitative estimate of drug-likeness (QED) is 0.660. The van der Waals surface area contributed by atoms with Crippen molar-refractivity contribution in [2.45, 2.75) is 5.92 Å². The summed E-state index contributed by atoms with van der Waals surface area (Å²) in [5, 5.41) is 2.70. The first-order valence-corrected chi connectivity index (χ1v) is 10.2. The second-order valence-electron chi connectivity index (χ2n) is 7.53. The van der Waals surface area contributed by atoms with Crippen molar-refractivity contribution in [2.75, 3.05) is 41.3 Å². The van der Waals surface area contributed by atoms with Crippen LogP contribution < -0.4 is 15.1 Å². The van der Waals surface area contributed by atoms with Gasteiger partial charge in [-0.25, -0.2) is 9.37 Å². The van der Waals surface area contributed by atoms with E-state index in [1.165, 1.54) is 12.1 Å². The van der Waals surface area contributed by atoms with Gasteiger partial charge in [0.05, 0.1) is 11.9 Å². The number of carbonyl (C=O) groups excluding carboxylic acids is 1. The number of hydrogen-bond acceptors (Lipinski definition) is 6. The number of halogens is 1. The third-order valence-corrected chi connectivity index (χ3v) is 5.63. The highest BCUT2D eigenvalue weighted by Crippen LogP contribution is 2.32. The number of fused-ring (bicyclic) bond motifs is 1. The van der Waals surface area contributed by atoms with Gasteiger partial charge < -0.3 is 15.1 Å². The zero-order valence-electron chi connectivity index (χ0n) is 16.8. The molecule has 8 heteroatoms. The summed E-state index contributed by atoms with van der Waals surface area (Å²) in [5.74, 6) is -0.164. The Labute approximate surface area is 179 Å². The molecule has 0 aliphatic carbocycles. The molecule has 0 saturated carbocycles. The van der Waals surface area contributed by atoms with Crippen LogP contribution in [0.2, 0.25) is 0 Å². The van der Waals surface area contributed by atoms with Crippen molar-refractivity contribution in [3.05, 3.63) is 72.4 Å². The van der Waals surface area contributed by atoms with Gasteiger partial charge in [-0.1, -0.05) is 6.07 Å². The second kappa shape index (κ2) is 8.14. The fourth-order valence-corrected chi connectivity index (χ4v) is 3.97. The van der Waals surface area contributed by atoms with Crippen molar-refractivity contribution >= 4 is 35.0 Å². The minimum absolute atomic E-state index is 0.193. The van der Waals surface area contributed by atoms with Crippen LogP contribution in [-0.2, 0) is 4.79 Å². The SMILES string of the molecule is O=C1Nc2cc(F)ccc2C1C=Nc1ccc(N2CCN(c3cnccn3)CC2)cc1. The first-order valence-electron chi connectivity index (χ1n) is 10.2. The molecule has 1 aromatic heterocycles. The molecule has 7 nitrogen and oxygen atoms in total. The number of piperazine rings is 1. The fourth-order valence-electron chi connectivity index (χ4n) is 3.97. The molecule has 0 radical (unpaired) electrons. The predicted molar refractivity (Wildman–Crippen MR) is 119 cm³/mol. The van der Waals surface area contributed by atoms with Gasteiger partial charge in [0.2, 0.25) is 5.91 Å². The van der Waals surface area contributed by atoms with E-state index < -0.39 is 5.92 Å². The van der Waals surface area contributed by atoms with Gasteiger partial charge in [0.15, 0.2) is 0 Å². The van der Waals surface area contributed by atoms with Crippen molar-refractivity contribution in [1.82, 2.24) is 9.97 Å². The Hall–Kier alpha value is -3.81. The van der Waals surface area contributed by atoms with E-state index in [2.05, 4.69) is 30.1 Å². The van der Waals surface area contributed by atoms with E-state index in [4.69, 9.17) is 0 Å². The van der Waals surface area contributed by atoms with Crippen LogP contribution >= 0.6 is 0 Å². The first kappa shape index (κ1) is 19.2. The van der Waals surface area contributed by atoms with E-state index in [1.54, 1.807) is 30.9 Å². The zero-order chi connectivity index (χ0) is 21.2. The molecular formula is C23H21FN6O. The van der Waals surface area contributed by atoms with Crippen molar-refractivity contribution in [3.8, 4) is 0 Å². The monoisotopic (exact) mass is 416 g/mol. The smallest absolute Gasteiger partial charge is 0.237 e. The molecule has 1 unspecified atom stereocenters. The van der Waals surface area contributed by atoms with Crippen LogP contribution in [0.4, 0.5) is 27.3 Å². The third-order valence-electron chi connectivity index (χ3n) is 5.63. The van der Waals surface area contributed by atoms with Gasteiger partial charge in [0, 0.05) is 56.2 Å². The predicted octanol–water partition coefficient (Wildman–Crippen LogP) is 3.38. The molecule has 3 aromatic rings. The van der Waals surface area contributed by atoms with Gasteiger partial charge in [0.1, 0.15) is 17.6 Å². The summed E-state index contributed by atoms with van der Waals surface area (Å²) in [6.45, 7) is 3.56. The largest absolute Gasteiger partial charge is 0.368 e. The van der Waals surface area contributed by atoms with E-state index in [9.17, 15) is 9.18 Å². The summed E-state index contributed by atoms with van der Waals surface area (Å²) in [6, 6.07) is 12.3. The summed E-state index contributed by atoms with van der Waals surface area (Å²) < 4.78 is 13.4. The van der Waals surface area contributed by atoms with Gasteiger partial charge in [0.25, 0.3) is 0 Å². The molecule has 2 aliphatic heterocycles. The first-order chi connectivity index (χ1) is 15.2. The maximum Gasteiger partial charge on any atom is 0.237 e. The molecule has 2 aliphatic rings. The molecule has 1 fully saturated rings. The molecule has 0 bridgehead atoms. The maximum atomic E-state index is 13.4. The number of aliphatic imine (C=N–C) groups is 1. The topological polar surface area (TPSA) is 73.7 Å². The normalized spacial score (nSPS) is 18.4. The van der Waals surface area contributed by atoms with Crippen molar-refractivity contribution in [2.24, 2.45) is 4.99 Å². The van der Waals surface area contributed by atoms with Crippen molar-refractivity contribution in [3.63, 3.8) is 0 Å². The van der Waals surface area contributed by atoms with Crippen LogP contribution in [-0.4, -0.2) is 48.3 Å². The minimum Gasteiger partial charge on any atom is -0.368 e. The lowest BCUT2D eigenvalue weighted by atomic mass is 10.0. The Balaban J connectivity index is 1.23. The number of nitrogens with zero attached hydrogens (tertiary/aromatic N) is 5. The Kier molecular flexibility index (Phi) is 5.03. The third kappa shape index (κ3) is 3.96. The summed E-state index contributed by atoms with van der Waals surface area (Å²) >= 11 is 0. The average molecular weight is 416 g/mol. The highest BCUT2D eigenvalue weighted by molar-refractivity contribution is 6.12. The number of rotatable bonds is 4. The van der Waals surface area contributed by atoms with E-state index >= 15 is 0 Å². The Morgan fingerprint density at radius 3 is 2.55 bits per heavy atom. The lowest BCUT2D eigenvalue weighted by Crippen LogP contribution is -2.46. The fraction of sp³-hybridized carbons (Fsp3) is 0.217. The van der Waals surface area contributed by atoms with Gasteiger partial charge in [-0.3, -0.25) is 14.8 Å². The molecule has 1 amide bonds. The Morgan fingerprint density at radius 1 is 1.03 bits per heavy atom. The molecule has 3 heterocycles. The maximum absolute atomic E-state index is 13.4. The molecule has 5 rings (SSSR count). The lowest BCUT2D eigenvalue weighted by molar-refractivity contribution is -0.115. The van der Waals surface area contributed by atoms with Crippen LogP contribution in [0, 0.1) is 5.82 Å². The number of amides is 1. The van der Waals surface area contributed by atoms with Gasteiger partial charge in [-0.15, -0.1) is 0 Å². The Bertz CT molecular complexity index is 1110. The Morgan fingerprint density at radius 2 is 1.81 bits per heavy atom. The number of aromatic nitrogens is 2. The molecule has 1 saturated heterocycles. The van der Waals surface area contributed by atoms with E-state index in [-0.39, 0.29) is 11.7 Å². The number of anilines is 3. The zero-order valence-corrected chi connectivity index (χ0v) is 16.8. The summed E-state index contributed by atoms with van der Waals surface area (Å²) in [4.78, 5) is 29.8. The van der Waals surface area contributed by atoms with Crippen LogP contribution in [0.15, 0.2) is 66.0 Å². The summed E-state index contributed by atoms with van der Waals surface area (Å²) in [6.07, 6.45) is 6.81. The molecule has 1 atom stereocenters. The molecule has 156 valence electrons. The number of carbonyl (C=O) groups is 1. The molecule has 0 spiro atoms. The van der Waals surface area contributed by atoms with Crippen LogP contribution in [0.25, 0.3) is 0 Å². The number of benzene rings is 2. The van der Waals surface area contributed by atoms with Crippen molar-refractivity contribution < 1.29 is 9.18 Å². The van der Waals surface area contributed by atoms with Crippen LogP contribution in [0.3, 0.4) is 0 Å². The number of hydrogen-bond donors (Lipinski definition) is 1. The van der Waals surface area contributed by atoms with E-state index in [0.717, 1.165) is 48.9 Å². The highest BCUT2D eigenvalue weighted by Gasteiger charge is 2.29. The summed E-state index contributed by atoms with van der Waals surface area (Å²) in [7, 11) is 0. The summed E-state index contributed by atoms with van der Waals surface area (Å²) in [5.41, 5.74) is 3.16. The van der Waals surface area contributed by atoms with Gasteiger partial charge >= 0.3 is 0 Å².